The van der Waals surface area contributed by atoms with E-state index in [4.69, 9.17) is 10.5 Å². The third-order valence-electron chi connectivity index (χ3n) is 3.59. The summed E-state index contributed by atoms with van der Waals surface area (Å²) in [5, 5.41) is 5.63. The largest absolute Gasteiger partial charge is 0.399 e. The molecule has 0 aliphatic heterocycles. The summed E-state index contributed by atoms with van der Waals surface area (Å²) in [5.74, 6) is -0.266. The predicted octanol–water partition coefficient (Wildman–Crippen LogP) is 2.22. The molecule has 0 aliphatic rings. The molecule has 2 amide bonds. The molecular weight excluding hydrogens is 318 g/mol. The molecule has 6 nitrogen and oxygen atoms in total. The predicted molar refractivity (Wildman–Crippen MR) is 98.5 cm³/mol. The first kappa shape index (κ1) is 18.5. The van der Waals surface area contributed by atoms with Gasteiger partial charge in [-0.3, -0.25) is 9.59 Å². The van der Waals surface area contributed by atoms with Crippen LogP contribution >= 0.6 is 0 Å². The highest BCUT2D eigenvalue weighted by Gasteiger charge is 2.07. The minimum atomic E-state index is -0.143. The van der Waals surface area contributed by atoms with Crippen molar-refractivity contribution < 1.29 is 14.3 Å². The number of amides is 2. The first-order valence-electron chi connectivity index (χ1n) is 8.10. The van der Waals surface area contributed by atoms with Crippen LogP contribution in [0.25, 0.3) is 0 Å². The molecule has 0 unspecified atom stereocenters. The van der Waals surface area contributed by atoms with Gasteiger partial charge < -0.3 is 21.1 Å². The van der Waals surface area contributed by atoms with E-state index in [0.717, 1.165) is 12.0 Å². The number of methoxy groups -OCH3 is 1. The van der Waals surface area contributed by atoms with Gasteiger partial charge in [-0.1, -0.05) is 12.1 Å². The Morgan fingerprint density at radius 3 is 2.36 bits per heavy atom. The van der Waals surface area contributed by atoms with Gasteiger partial charge in [0.05, 0.1) is 6.42 Å². The van der Waals surface area contributed by atoms with Crippen molar-refractivity contribution in [1.29, 1.82) is 0 Å². The summed E-state index contributed by atoms with van der Waals surface area (Å²) >= 11 is 0. The van der Waals surface area contributed by atoms with Gasteiger partial charge in [0.2, 0.25) is 5.91 Å². The Bertz CT molecular complexity index is 697. The highest BCUT2D eigenvalue weighted by molar-refractivity contribution is 5.96. The highest BCUT2D eigenvalue weighted by Crippen LogP contribution is 2.11. The molecule has 2 rings (SSSR count). The molecule has 0 spiro atoms. The van der Waals surface area contributed by atoms with E-state index in [2.05, 4.69) is 10.6 Å². The lowest BCUT2D eigenvalue weighted by molar-refractivity contribution is -0.115. The molecular formula is C19H23N3O3. The molecule has 0 radical (unpaired) electrons. The van der Waals surface area contributed by atoms with Crippen LogP contribution in [0.4, 0.5) is 11.4 Å². The standard InChI is InChI=1S/C19H23N3O3/c1-25-12-2-11-21-19(24)15-5-9-17(10-6-15)22-18(23)13-14-3-7-16(20)8-4-14/h3-10H,2,11-13,20H2,1H3,(H,21,24)(H,22,23). The number of rotatable bonds is 8. The Labute approximate surface area is 147 Å². The van der Waals surface area contributed by atoms with Gasteiger partial charge in [-0.25, -0.2) is 0 Å². The Morgan fingerprint density at radius 1 is 1.04 bits per heavy atom. The number of anilines is 2. The number of carbonyl (C=O) groups excluding carboxylic acids is 2. The average Bonchev–Trinajstić information content (AvgIpc) is 2.61. The molecule has 0 heterocycles. The van der Waals surface area contributed by atoms with Crippen molar-refractivity contribution in [3.05, 3.63) is 59.7 Å². The fourth-order valence-electron chi connectivity index (χ4n) is 2.25. The molecule has 2 aromatic rings. The van der Waals surface area contributed by atoms with Crippen molar-refractivity contribution >= 4 is 23.2 Å². The number of hydrogen-bond acceptors (Lipinski definition) is 4. The van der Waals surface area contributed by atoms with Crippen LogP contribution in [-0.2, 0) is 16.0 Å². The molecule has 132 valence electrons. The van der Waals surface area contributed by atoms with Crippen LogP contribution in [0.1, 0.15) is 22.3 Å². The van der Waals surface area contributed by atoms with Crippen molar-refractivity contribution in [2.45, 2.75) is 12.8 Å². The summed E-state index contributed by atoms with van der Waals surface area (Å²) in [4.78, 5) is 24.0. The molecule has 0 saturated carbocycles. The van der Waals surface area contributed by atoms with E-state index in [0.29, 0.717) is 30.1 Å². The lowest BCUT2D eigenvalue weighted by Crippen LogP contribution is -2.25. The molecule has 6 heteroatoms. The average molecular weight is 341 g/mol. The molecule has 4 N–H and O–H groups in total. The van der Waals surface area contributed by atoms with Gasteiger partial charge in [-0.15, -0.1) is 0 Å². The molecule has 0 fully saturated rings. The lowest BCUT2D eigenvalue weighted by Gasteiger charge is -2.08. The molecule has 0 saturated heterocycles. The second-order valence-corrected chi connectivity index (χ2v) is 5.65. The van der Waals surface area contributed by atoms with E-state index >= 15 is 0 Å². The SMILES string of the molecule is COCCCNC(=O)c1ccc(NC(=O)Cc2ccc(N)cc2)cc1. The zero-order chi connectivity index (χ0) is 18.1. The third kappa shape index (κ3) is 6.27. The zero-order valence-electron chi connectivity index (χ0n) is 14.2. The molecule has 0 aromatic heterocycles. The van der Waals surface area contributed by atoms with E-state index < -0.39 is 0 Å². The third-order valence-corrected chi connectivity index (χ3v) is 3.59. The van der Waals surface area contributed by atoms with Gasteiger partial charge in [0.15, 0.2) is 0 Å². The van der Waals surface area contributed by atoms with Crippen LogP contribution in [-0.4, -0.2) is 32.1 Å². The van der Waals surface area contributed by atoms with E-state index in [1.165, 1.54) is 0 Å². The van der Waals surface area contributed by atoms with E-state index in [-0.39, 0.29) is 18.2 Å². The second kappa shape index (κ2) is 9.44. The van der Waals surface area contributed by atoms with Crippen molar-refractivity contribution in [2.75, 3.05) is 31.3 Å². The maximum absolute atomic E-state index is 12.1. The molecule has 2 aromatic carbocycles. The summed E-state index contributed by atoms with van der Waals surface area (Å²) in [6, 6.07) is 14.0. The summed E-state index contributed by atoms with van der Waals surface area (Å²) < 4.78 is 4.93. The van der Waals surface area contributed by atoms with Crippen LogP contribution in [0.2, 0.25) is 0 Å². The van der Waals surface area contributed by atoms with Crippen LogP contribution in [0.3, 0.4) is 0 Å². The quantitative estimate of drug-likeness (QED) is 0.507. The van der Waals surface area contributed by atoms with Crippen molar-refractivity contribution in [3.63, 3.8) is 0 Å². The minimum Gasteiger partial charge on any atom is -0.399 e. The number of nitrogens with one attached hydrogen (secondary N) is 2. The maximum Gasteiger partial charge on any atom is 0.251 e. The van der Waals surface area contributed by atoms with Crippen LogP contribution in [0.15, 0.2) is 48.5 Å². The van der Waals surface area contributed by atoms with Crippen LogP contribution in [0, 0.1) is 0 Å². The summed E-state index contributed by atoms with van der Waals surface area (Å²) in [7, 11) is 1.63. The number of benzene rings is 2. The van der Waals surface area contributed by atoms with E-state index in [1.807, 2.05) is 12.1 Å². The van der Waals surface area contributed by atoms with E-state index in [1.54, 1.807) is 43.5 Å². The maximum atomic E-state index is 12.1. The monoisotopic (exact) mass is 341 g/mol. The number of hydrogen-bond donors (Lipinski definition) is 3. The number of ether oxygens (including phenoxy) is 1. The van der Waals surface area contributed by atoms with Gasteiger partial charge in [-0.05, 0) is 48.4 Å². The fraction of sp³-hybridized carbons (Fsp3) is 0.263. The van der Waals surface area contributed by atoms with Gasteiger partial charge in [0.1, 0.15) is 0 Å². The Balaban J connectivity index is 1.83. The summed E-state index contributed by atoms with van der Waals surface area (Å²) in [6.07, 6.45) is 1.03. The fourth-order valence-corrected chi connectivity index (χ4v) is 2.25. The second-order valence-electron chi connectivity index (χ2n) is 5.65. The molecule has 25 heavy (non-hydrogen) atoms. The van der Waals surface area contributed by atoms with Gasteiger partial charge >= 0.3 is 0 Å². The Morgan fingerprint density at radius 2 is 1.72 bits per heavy atom. The molecule has 0 aliphatic carbocycles. The number of carbonyl (C=O) groups is 2. The zero-order valence-corrected chi connectivity index (χ0v) is 14.2. The van der Waals surface area contributed by atoms with Gasteiger partial charge in [0, 0.05) is 37.2 Å². The Kier molecular flexibility index (Phi) is 6.98. The topological polar surface area (TPSA) is 93.5 Å². The molecule has 0 atom stereocenters. The van der Waals surface area contributed by atoms with Crippen LogP contribution < -0.4 is 16.4 Å². The van der Waals surface area contributed by atoms with Crippen molar-refractivity contribution in [1.82, 2.24) is 5.32 Å². The Hall–Kier alpha value is -2.86. The highest BCUT2D eigenvalue weighted by atomic mass is 16.5. The van der Waals surface area contributed by atoms with Gasteiger partial charge in [0.25, 0.3) is 5.91 Å². The minimum absolute atomic E-state index is 0.124. The van der Waals surface area contributed by atoms with Gasteiger partial charge in [-0.2, -0.15) is 0 Å². The smallest absolute Gasteiger partial charge is 0.251 e. The normalized spacial score (nSPS) is 10.3. The van der Waals surface area contributed by atoms with Crippen molar-refractivity contribution in [2.24, 2.45) is 0 Å². The number of nitrogen functional groups attached to an aromatic ring is 1. The summed E-state index contributed by atoms with van der Waals surface area (Å²) in [5.41, 5.74) is 8.38. The molecule has 0 bridgehead atoms. The number of nitrogens with two attached hydrogens (primary N) is 1. The first-order valence-corrected chi connectivity index (χ1v) is 8.10. The van der Waals surface area contributed by atoms with Crippen molar-refractivity contribution in [3.8, 4) is 0 Å². The summed E-state index contributed by atoms with van der Waals surface area (Å²) in [6.45, 7) is 1.17. The first-order chi connectivity index (χ1) is 12.1. The van der Waals surface area contributed by atoms with Crippen LogP contribution in [0.5, 0.6) is 0 Å². The van der Waals surface area contributed by atoms with E-state index in [9.17, 15) is 9.59 Å². The lowest BCUT2D eigenvalue weighted by atomic mass is 10.1.